The van der Waals surface area contributed by atoms with E-state index in [0.29, 0.717) is 10.6 Å². The number of aliphatic hydroxyl groups excluding tert-OH is 1. The van der Waals surface area contributed by atoms with Crippen LogP contribution in [0, 0.1) is 0 Å². The first kappa shape index (κ1) is 13.6. The Bertz CT molecular complexity index is 765. The quantitative estimate of drug-likeness (QED) is 0.663. The van der Waals surface area contributed by atoms with Gasteiger partial charge in [-0.15, -0.1) is 0 Å². The van der Waals surface area contributed by atoms with Crippen molar-refractivity contribution in [1.82, 2.24) is 0 Å². The molecule has 0 bridgehead atoms. The fourth-order valence-corrected chi connectivity index (χ4v) is 2.98. The zero-order valence-electron chi connectivity index (χ0n) is 10.6. The van der Waals surface area contributed by atoms with Crippen LogP contribution in [0.15, 0.2) is 65.1 Å². The highest BCUT2D eigenvalue weighted by Gasteiger charge is 2.16. The zero-order chi connectivity index (χ0) is 14.1. The Labute approximate surface area is 131 Å². The standard InChI is InChI=1S/C17H12BrClO/c18-12-8-9-16(19)15(10-12)17(20)14-7-3-5-11-4-1-2-6-13(11)14/h1-10,17,20H/t17-/m1/s1. The largest absolute Gasteiger partial charge is 0.384 e. The summed E-state index contributed by atoms with van der Waals surface area (Å²) in [6.07, 6.45) is -0.744. The number of hydrogen-bond donors (Lipinski definition) is 1. The Morgan fingerprint density at radius 2 is 1.65 bits per heavy atom. The summed E-state index contributed by atoms with van der Waals surface area (Å²) in [4.78, 5) is 0. The fourth-order valence-electron chi connectivity index (χ4n) is 2.38. The van der Waals surface area contributed by atoms with E-state index < -0.39 is 6.10 Å². The van der Waals surface area contributed by atoms with Gasteiger partial charge in [0, 0.05) is 15.1 Å². The molecule has 0 aliphatic heterocycles. The maximum atomic E-state index is 10.7. The summed E-state index contributed by atoms with van der Waals surface area (Å²) in [6, 6.07) is 19.4. The van der Waals surface area contributed by atoms with Crippen molar-refractivity contribution in [2.45, 2.75) is 6.10 Å². The molecule has 1 atom stereocenters. The SMILES string of the molecule is O[C@@H](c1cc(Br)ccc1Cl)c1cccc2ccccc12. The minimum atomic E-state index is -0.744. The number of halogens is 2. The van der Waals surface area contributed by atoms with Crippen LogP contribution in [0.5, 0.6) is 0 Å². The lowest BCUT2D eigenvalue weighted by atomic mass is 9.96. The Hall–Kier alpha value is -1.35. The first-order valence-electron chi connectivity index (χ1n) is 6.27. The normalized spacial score (nSPS) is 12.6. The second-order valence-electron chi connectivity index (χ2n) is 4.64. The third-order valence-electron chi connectivity index (χ3n) is 3.37. The average Bonchev–Trinajstić information content (AvgIpc) is 2.48. The molecule has 0 spiro atoms. The molecule has 0 unspecified atom stereocenters. The van der Waals surface area contributed by atoms with Crippen molar-refractivity contribution < 1.29 is 5.11 Å². The van der Waals surface area contributed by atoms with E-state index in [1.165, 1.54) is 0 Å². The third-order valence-corrected chi connectivity index (χ3v) is 4.21. The van der Waals surface area contributed by atoms with Crippen LogP contribution in [0.1, 0.15) is 17.2 Å². The molecule has 3 aromatic carbocycles. The Kier molecular flexibility index (Phi) is 3.79. The number of aliphatic hydroxyl groups is 1. The third kappa shape index (κ3) is 2.47. The van der Waals surface area contributed by atoms with Gasteiger partial charge in [0.2, 0.25) is 0 Å². The highest BCUT2D eigenvalue weighted by atomic mass is 79.9. The molecule has 0 fully saturated rings. The molecule has 0 amide bonds. The van der Waals surface area contributed by atoms with E-state index in [1.807, 2.05) is 54.6 Å². The van der Waals surface area contributed by atoms with Gasteiger partial charge in [-0.25, -0.2) is 0 Å². The van der Waals surface area contributed by atoms with Crippen molar-refractivity contribution in [3.8, 4) is 0 Å². The number of rotatable bonds is 2. The second-order valence-corrected chi connectivity index (χ2v) is 5.96. The van der Waals surface area contributed by atoms with Gasteiger partial charge < -0.3 is 5.11 Å². The van der Waals surface area contributed by atoms with Gasteiger partial charge in [-0.1, -0.05) is 70.0 Å². The molecule has 0 aromatic heterocycles. The molecule has 3 heteroatoms. The first-order chi connectivity index (χ1) is 9.66. The zero-order valence-corrected chi connectivity index (χ0v) is 12.9. The van der Waals surface area contributed by atoms with E-state index in [4.69, 9.17) is 11.6 Å². The van der Waals surface area contributed by atoms with Crippen molar-refractivity contribution in [1.29, 1.82) is 0 Å². The molecule has 0 heterocycles. The molecule has 3 rings (SSSR count). The summed E-state index contributed by atoms with van der Waals surface area (Å²) in [5.74, 6) is 0. The van der Waals surface area contributed by atoms with Crippen molar-refractivity contribution in [2.75, 3.05) is 0 Å². The van der Waals surface area contributed by atoms with Crippen LogP contribution in [-0.2, 0) is 0 Å². The summed E-state index contributed by atoms with van der Waals surface area (Å²) in [6.45, 7) is 0. The van der Waals surface area contributed by atoms with Crippen LogP contribution < -0.4 is 0 Å². The molecule has 1 nitrogen and oxygen atoms in total. The molecule has 1 N–H and O–H groups in total. The maximum absolute atomic E-state index is 10.7. The van der Waals surface area contributed by atoms with E-state index in [9.17, 15) is 5.11 Å². The van der Waals surface area contributed by atoms with Crippen molar-refractivity contribution in [2.24, 2.45) is 0 Å². The molecule has 20 heavy (non-hydrogen) atoms. The predicted molar refractivity (Wildman–Crippen MR) is 87.2 cm³/mol. The van der Waals surface area contributed by atoms with E-state index >= 15 is 0 Å². The first-order valence-corrected chi connectivity index (χ1v) is 7.44. The number of benzene rings is 3. The molecule has 0 aliphatic rings. The molecule has 0 radical (unpaired) electrons. The smallest absolute Gasteiger partial charge is 0.106 e. The van der Waals surface area contributed by atoms with Gasteiger partial charge in [0.1, 0.15) is 6.10 Å². The van der Waals surface area contributed by atoms with Gasteiger partial charge in [-0.2, -0.15) is 0 Å². The lowest BCUT2D eigenvalue weighted by Crippen LogP contribution is -2.01. The van der Waals surface area contributed by atoms with E-state index in [1.54, 1.807) is 6.07 Å². The monoisotopic (exact) mass is 346 g/mol. The Balaban J connectivity index is 2.17. The Morgan fingerprint density at radius 3 is 2.50 bits per heavy atom. The van der Waals surface area contributed by atoms with Gasteiger partial charge >= 0.3 is 0 Å². The van der Waals surface area contributed by atoms with Crippen LogP contribution in [0.3, 0.4) is 0 Å². The summed E-state index contributed by atoms with van der Waals surface area (Å²) in [7, 11) is 0. The summed E-state index contributed by atoms with van der Waals surface area (Å²) >= 11 is 9.63. The van der Waals surface area contributed by atoms with Crippen LogP contribution in [0.4, 0.5) is 0 Å². The minimum absolute atomic E-state index is 0.564. The summed E-state index contributed by atoms with van der Waals surface area (Å²) in [5, 5.41) is 13.4. The van der Waals surface area contributed by atoms with Gasteiger partial charge in [0.25, 0.3) is 0 Å². The van der Waals surface area contributed by atoms with Gasteiger partial charge in [-0.3, -0.25) is 0 Å². The predicted octanol–water partition coefficient (Wildman–Crippen LogP) is 5.34. The molecule has 0 saturated carbocycles. The molecule has 100 valence electrons. The van der Waals surface area contributed by atoms with E-state index in [-0.39, 0.29) is 0 Å². The molecule has 3 aromatic rings. The van der Waals surface area contributed by atoms with Crippen LogP contribution in [-0.4, -0.2) is 5.11 Å². The molecule has 0 aliphatic carbocycles. The number of fused-ring (bicyclic) bond motifs is 1. The highest BCUT2D eigenvalue weighted by Crippen LogP contribution is 2.33. The van der Waals surface area contributed by atoms with Crippen molar-refractivity contribution in [3.05, 3.63) is 81.3 Å². The number of hydrogen-bond acceptors (Lipinski definition) is 1. The Morgan fingerprint density at radius 1 is 0.900 bits per heavy atom. The lowest BCUT2D eigenvalue weighted by molar-refractivity contribution is 0.222. The maximum Gasteiger partial charge on any atom is 0.106 e. The van der Waals surface area contributed by atoms with Crippen LogP contribution in [0.25, 0.3) is 10.8 Å². The molecular formula is C17H12BrClO. The summed E-state index contributed by atoms with van der Waals surface area (Å²) in [5.41, 5.74) is 1.57. The van der Waals surface area contributed by atoms with E-state index in [0.717, 1.165) is 20.8 Å². The average molecular weight is 348 g/mol. The summed E-state index contributed by atoms with van der Waals surface area (Å²) < 4.78 is 0.899. The second kappa shape index (κ2) is 5.57. The van der Waals surface area contributed by atoms with Crippen LogP contribution in [0.2, 0.25) is 5.02 Å². The van der Waals surface area contributed by atoms with Crippen molar-refractivity contribution in [3.63, 3.8) is 0 Å². The highest BCUT2D eigenvalue weighted by molar-refractivity contribution is 9.10. The van der Waals surface area contributed by atoms with Crippen LogP contribution >= 0.6 is 27.5 Å². The van der Waals surface area contributed by atoms with Gasteiger partial charge in [0.05, 0.1) is 0 Å². The van der Waals surface area contributed by atoms with Gasteiger partial charge in [0.15, 0.2) is 0 Å². The minimum Gasteiger partial charge on any atom is -0.384 e. The lowest BCUT2D eigenvalue weighted by Gasteiger charge is -2.16. The molecular weight excluding hydrogens is 336 g/mol. The topological polar surface area (TPSA) is 20.2 Å². The van der Waals surface area contributed by atoms with E-state index in [2.05, 4.69) is 15.9 Å². The fraction of sp³-hybridized carbons (Fsp3) is 0.0588. The van der Waals surface area contributed by atoms with Crippen molar-refractivity contribution >= 4 is 38.3 Å². The molecule has 0 saturated heterocycles. The van der Waals surface area contributed by atoms with Gasteiger partial charge in [-0.05, 0) is 34.5 Å².